The second kappa shape index (κ2) is 4.31. The van der Waals surface area contributed by atoms with Crippen molar-refractivity contribution in [3.63, 3.8) is 0 Å². The highest BCUT2D eigenvalue weighted by molar-refractivity contribution is 5.46. The molecule has 0 aliphatic heterocycles. The van der Waals surface area contributed by atoms with Gasteiger partial charge in [-0.25, -0.2) is 0 Å². The Morgan fingerprint density at radius 2 is 2.00 bits per heavy atom. The van der Waals surface area contributed by atoms with E-state index in [0.717, 1.165) is 25.7 Å². The molecule has 1 saturated carbocycles. The van der Waals surface area contributed by atoms with Crippen molar-refractivity contribution in [2.45, 2.75) is 38.1 Å². The summed E-state index contributed by atoms with van der Waals surface area (Å²) in [5.41, 5.74) is 1.89. The minimum Gasteiger partial charge on any atom is -0.297 e. The lowest BCUT2D eigenvalue weighted by Gasteiger charge is -2.28. The molecule has 0 aromatic carbocycles. The molecule has 4 heteroatoms. The average Bonchev–Trinajstić information content (AvgIpc) is 2.09. The zero-order valence-electron chi connectivity index (χ0n) is 6.49. The summed E-state index contributed by atoms with van der Waals surface area (Å²) in [5, 5.41) is 9.76. The third-order valence-electron chi connectivity index (χ3n) is 2.20. The topological polar surface area (TPSA) is 52.6 Å². The summed E-state index contributed by atoms with van der Waals surface area (Å²) in [6.07, 6.45) is 6.16. The first-order chi connectivity index (χ1) is 5.38. The van der Waals surface area contributed by atoms with Crippen LogP contribution in [0.3, 0.4) is 0 Å². The highest BCUT2D eigenvalue weighted by atomic mass is 16.5. The van der Waals surface area contributed by atoms with Gasteiger partial charge in [0, 0.05) is 0 Å². The number of hydrogen-bond donors (Lipinski definition) is 2. The lowest BCUT2D eigenvalue weighted by atomic mass is 9.95. The van der Waals surface area contributed by atoms with Gasteiger partial charge in [-0.15, -0.1) is 5.59 Å². The van der Waals surface area contributed by atoms with Crippen LogP contribution in [0.25, 0.3) is 0 Å². The van der Waals surface area contributed by atoms with Crippen molar-refractivity contribution < 1.29 is 10.0 Å². The fourth-order valence-electron chi connectivity index (χ4n) is 1.55. The number of rotatable bonds is 3. The number of amides is 1. The van der Waals surface area contributed by atoms with Crippen LogP contribution >= 0.6 is 0 Å². The van der Waals surface area contributed by atoms with Crippen molar-refractivity contribution >= 4 is 6.41 Å². The van der Waals surface area contributed by atoms with E-state index in [9.17, 15) is 4.79 Å². The monoisotopic (exact) mass is 158 g/mol. The van der Waals surface area contributed by atoms with Gasteiger partial charge in [0.25, 0.3) is 0 Å². The van der Waals surface area contributed by atoms with Gasteiger partial charge < -0.3 is 0 Å². The van der Waals surface area contributed by atoms with Gasteiger partial charge in [0.2, 0.25) is 6.41 Å². The molecule has 1 aliphatic rings. The Balaban J connectivity index is 2.35. The fourth-order valence-corrected chi connectivity index (χ4v) is 1.55. The molecule has 0 heterocycles. The van der Waals surface area contributed by atoms with Crippen LogP contribution in [0.15, 0.2) is 0 Å². The Kier molecular flexibility index (Phi) is 3.32. The van der Waals surface area contributed by atoms with E-state index < -0.39 is 0 Å². The van der Waals surface area contributed by atoms with Crippen molar-refractivity contribution in [2.24, 2.45) is 0 Å². The van der Waals surface area contributed by atoms with Gasteiger partial charge in [0.15, 0.2) is 0 Å². The molecule has 0 unspecified atom stereocenters. The third-order valence-corrected chi connectivity index (χ3v) is 2.20. The maximum atomic E-state index is 10.3. The van der Waals surface area contributed by atoms with Gasteiger partial charge >= 0.3 is 0 Å². The molecule has 1 amide bonds. The third kappa shape index (κ3) is 2.17. The first-order valence-electron chi connectivity index (χ1n) is 4.02. The molecule has 2 N–H and O–H groups in total. The van der Waals surface area contributed by atoms with Crippen molar-refractivity contribution in [3.05, 3.63) is 0 Å². The van der Waals surface area contributed by atoms with Crippen molar-refractivity contribution in [1.29, 1.82) is 0 Å². The molecule has 0 atom stereocenters. The van der Waals surface area contributed by atoms with E-state index in [1.165, 1.54) is 11.4 Å². The summed E-state index contributed by atoms with van der Waals surface area (Å²) in [7, 11) is 0. The molecule has 0 saturated heterocycles. The summed E-state index contributed by atoms with van der Waals surface area (Å²) in [6.45, 7) is 0. The normalized spacial score (nSPS) is 19.7. The molecule has 0 aromatic heterocycles. The number of carbonyl (C=O) groups excluding carboxylic acids is 1. The number of hydrogen-bond acceptors (Lipinski definition) is 3. The Hall–Kier alpha value is -0.610. The van der Waals surface area contributed by atoms with Crippen LogP contribution in [0.1, 0.15) is 32.1 Å². The van der Waals surface area contributed by atoms with Gasteiger partial charge in [0.1, 0.15) is 0 Å². The molecule has 1 rings (SSSR count). The van der Waals surface area contributed by atoms with Crippen molar-refractivity contribution in [1.82, 2.24) is 10.6 Å². The van der Waals surface area contributed by atoms with Gasteiger partial charge in [-0.3, -0.25) is 15.0 Å². The van der Waals surface area contributed by atoms with Crippen LogP contribution in [0.4, 0.5) is 0 Å². The quantitative estimate of drug-likeness (QED) is 0.469. The van der Waals surface area contributed by atoms with Crippen LogP contribution in [0, 0.1) is 0 Å². The minimum atomic E-state index is 0.186. The lowest BCUT2D eigenvalue weighted by molar-refractivity contribution is -0.137. The van der Waals surface area contributed by atoms with Crippen LogP contribution in [-0.4, -0.2) is 22.7 Å². The average molecular weight is 158 g/mol. The van der Waals surface area contributed by atoms with Crippen LogP contribution in [0.2, 0.25) is 0 Å². The Morgan fingerprint density at radius 1 is 1.36 bits per heavy atom. The summed E-state index contributed by atoms with van der Waals surface area (Å²) in [4.78, 5) is 10.3. The molecule has 0 spiro atoms. The molecule has 1 aliphatic carbocycles. The van der Waals surface area contributed by atoms with Gasteiger partial charge in [0.05, 0.1) is 6.04 Å². The molecule has 11 heavy (non-hydrogen) atoms. The van der Waals surface area contributed by atoms with E-state index in [2.05, 4.69) is 0 Å². The number of nitrogens with one attached hydrogen (secondary N) is 1. The van der Waals surface area contributed by atoms with Crippen LogP contribution < -0.4 is 5.59 Å². The SMILES string of the molecule is O=CN(NO)C1CCCCC1. The standard InChI is InChI=1S/C7H14N2O2/c10-6-9(8-11)7-4-2-1-3-5-7/h6-8,11H,1-5H2. The first kappa shape index (κ1) is 8.49. The maximum absolute atomic E-state index is 10.3. The molecule has 0 radical (unpaired) electrons. The zero-order chi connectivity index (χ0) is 8.10. The molecule has 64 valence electrons. The Bertz CT molecular complexity index is 124. The lowest BCUT2D eigenvalue weighted by Crippen LogP contribution is -2.43. The largest absolute Gasteiger partial charge is 0.297 e. The van der Waals surface area contributed by atoms with Gasteiger partial charge in [-0.05, 0) is 12.8 Å². The minimum absolute atomic E-state index is 0.186. The number of nitrogens with zero attached hydrogens (tertiary/aromatic N) is 1. The first-order valence-corrected chi connectivity index (χ1v) is 4.02. The summed E-state index contributed by atoms with van der Waals surface area (Å²) >= 11 is 0. The molecule has 0 aromatic rings. The van der Waals surface area contributed by atoms with E-state index >= 15 is 0 Å². The van der Waals surface area contributed by atoms with E-state index in [1.54, 1.807) is 0 Å². The van der Waals surface area contributed by atoms with Gasteiger partial charge in [-0.1, -0.05) is 19.3 Å². The second-order valence-electron chi connectivity index (χ2n) is 2.90. The van der Waals surface area contributed by atoms with Crippen molar-refractivity contribution in [3.8, 4) is 0 Å². The zero-order valence-corrected chi connectivity index (χ0v) is 6.49. The van der Waals surface area contributed by atoms with Crippen LogP contribution in [-0.2, 0) is 4.79 Å². The van der Waals surface area contributed by atoms with E-state index in [4.69, 9.17) is 5.21 Å². The summed E-state index contributed by atoms with van der Waals surface area (Å²) in [5.74, 6) is 0. The smallest absolute Gasteiger partial charge is 0.225 e. The number of hydrazine groups is 1. The molecule has 1 fully saturated rings. The highest BCUT2D eigenvalue weighted by Gasteiger charge is 2.18. The molecule has 4 nitrogen and oxygen atoms in total. The highest BCUT2D eigenvalue weighted by Crippen LogP contribution is 2.20. The number of carbonyl (C=O) groups is 1. The van der Waals surface area contributed by atoms with Crippen molar-refractivity contribution in [2.75, 3.05) is 0 Å². The predicted octanol–water partition coefficient (Wildman–Crippen LogP) is 0.671. The Morgan fingerprint density at radius 3 is 2.45 bits per heavy atom. The van der Waals surface area contributed by atoms with Gasteiger partial charge in [-0.2, -0.15) is 0 Å². The summed E-state index contributed by atoms with van der Waals surface area (Å²) < 4.78 is 0. The van der Waals surface area contributed by atoms with Crippen LogP contribution in [0.5, 0.6) is 0 Å². The molecular formula is C7H14N2O2. The second-order valence-corrected chi connectivity index (χ2v) is 2.90. The molecule has 0 bridgehead atoms. The summed E-state index contributed by atoms with van der Waals surface area (Å²) in [6, 6.07) is 0.186. The molecular weight excluding hydrogens is 144 g/mol. The predicted molar refractivity (Wildman–Crippen MR) is 39.7 cm³/mol. The Labute approximate surface area is 66.1 Å². The van der Waals surface area contributed by atoms with E-state index in [0.29, 0.717) is 6.41 Å². The fraction of sp³-hybridized carbons (Fsp3) is 0.857. The maximum Gasteiger partial charge on any atom is 0.225 e. The van der Waals surface area contributed by atoms with E-state index in [1.807, 2.05) is 5.59 Å². The van der Waals surface area contributed by atoms with E-state index in [-0.39, 0.29) is 6.04 Å².